The molecule has 0 unspecified atom stereocenters. The van der Waals surface area contributed by atoms with E-state index >= 15 is 0 Å². The third-order valence-corrected chi connectivity index (χ3v) is 6.82. The van der Waals surface area contributed by atoms with E-state index in [-0.39, 0.29) is 5.91 Å². The van der Waals surface area contributed by atoms with Crippen molar-refractivity contribution < 1.29 is 13.9 Å². The van der Waals surface area contributed by atoms with Crippen LogP contribution >= 0.6 is 11.8 Å². The molecule has 0 atom stereocenters. The SMILES string of the molecule is COc1cccc(-c2nnc(SCc3ccccc3C(=O)NCc3ccco3)n2-c2cccc(C)c2)c1. The van der Waals surface area contributed by atoms with Crippen molar-refractivity contribution in [1.29, 1.82) is 0 Å². The van der Waals surface area contributed by atoms with Crippen LogP contribution in [0.2, 0.25) is 0 Å². The van der Waals surface area contributed by atoms with Gasteiger partial charge in [-0.3, -0.25) is 9.36 Å². The lowest BCUT2D eigenvalue weighted by Crippen LogP contribution is -2.23. The maximum atomic E-state index is 12.9. The summed E-state index contributed by atoms with van der Waals surface area (Å²) in [6, 6.07) is 27.2. The van der Waals surface area contributed by atoms with Gasteiger partial charge in [-0.1, -0.05) is 54.2 Å². The zero-order chi connectivity index (χ0) is 25.6. The summed E-state index contributed by atoms with van der Waals surface area (Å²) < 4.78 is 12.8. The third kappa shape index (κ3) is 5.59. The Morgan fingerprint density at radius 1 is 1.00 bits per heavy atom. The van der Waals surface area contributed by atoms with E-state index in [4.69, 9.17) is 9.15 Å². The Balaban J connectivity index is 1.44. The zero-order valence-electron chi connectivity index (χ0n) is 20.5. The van der Waals surface area contributed by atoms with Gasteiger partial charge in [0.2, 0.25) is 0 Å². The first-order chi connectivity index (χ1) is 18.1. The molecule has 0 fully saturated rings. The highest BCUT2D eigenvalue weighted by Crippen LogP contribution is 2.32. The van der Waals surface area contributed by atoms with Crippen LogP contribution in [-0.4, -0.2) is 27.8 Å². The highest BCUT2D eigenvalue weighted by Gasteiger charge is 2.18. The van der Waals surface area contributed by atoms with Crippen LogP contribution in [0.25, 0.3) is 17.1 Å². The lowest BCUT2D eigenvalue weighted by atomic mass is 10.1. The number of thioether (sulfide) groups is 1. The van der Waals surface area contributed by atoms with Crippen molar-refractivity contribution in [1.82, 2.24) is 20.1 Å². The lowest BCUT2D eigenvalue weighted by Gasteiger charge is -2.13. The summed E-state index contributed by atoms with van der Waals surface area (Å²) in [6.45, 7) is 2.39. The highest BCUT2D eigenvalue weighted by atomic mass is 32.2. The van der Waals surface area contributed by atoms with E-state index in [0.717, 1.165) is 39.1 Å². The summed E-state index contributed by atoms with van der Waals surface area (Å²) in [5, 5.41) is 12.7. The van der Waals surface area contributed by atoms with Gasteiger partial charge in [-0.2, -0.15) is 0 Å². The van der Waals surface area contributed by atoms with Crippen LogP contribution in [0.5, 0.6) is 5.75 Å². The maximum absolute atomic E-state index is 12.9. The maximum Gasteiger partial charge on any atom is 0.251 e. The van der Waals surface area contributed by atoms with Crippen molar-refractivity contribution in [2.45, 2.75) is 24.4 Å². The second kappa shape index (κ2) is 11.2. The van der Waals surface area contributed by atoms with Gasteiger partial charge in [0.1, 0.15) is 11.5 Å². The molecule has 1 N–H and O–H groups in total. The second-order valence-electron chi connectivity index (χ2n) is 8.42. The number of hydrogen-bond acceptors (Lipinski definition) is 6. The number of aryl methyl sites for hydroxylation is 1. The molecule has 0 saturated carbocycles. The normalized spacial score (nSPS) is 10.9. The van der Waals surface area contributed by atoms with E-state index in [0.29, 0.717) is 23.6 Å². The van der Waals surface area contributed by atoms with E-state index < -0.39 is 0 Å². The molecule has 0 aliphatic rings. The van der Waals surface area contributed by atoms with Crippen molar-refractivity contribution in [3.63, 3.8) is 0 Å². The van der Waals surface area contributed by atoms with Crippen molar-refractivity contribution >= 4 is 17.7 Å². The van der Waals surface area contributed by atoms with E-state index in [1.165, 1.54) is 11.8 Å². The molecule has 37 heavy (non-hydrogen) atoms. The molecule has 0 spiro atoms. The van der Waals surface area contributed by atoms with Crippen LogP contribution in [-0.2, 0) is 12.3 Å². The highest BCUT2D eigenvalue weighted by molar-refractivity contribution is 7.98. The molecule has 0 aliphatic carbocycles. The van der Waals surface area contributed by atoms with Crippen molar-refractivity contribution in [2.24, 2.45) is 0 Å². The third-order valence-electron chi connectivity index (χ3n) is 5.84. The molecule has 186 valence electrons. The van der Waals surface area contributed by atoms with E-state index in [2.05, 4.69) is 34.6 Å². The summed E-state index contributed by atoms with van der Waals surface area (Å²) in [5.74, 6) is 2.57. The first-order valence-electron chi connectivity index (χ1n) is 11.8. The first kappa shape index (κ1) is 24.4. The largest absolute Gasteiger partial charge is 0.497 e. The second-order valence-corrected chi connectivity index (χ2v) is 9.36. The Labute approximate surface area is 219 Å². The lowest BCUT2D eigenvalue weighted by molar-refractivity contribution is 0.0947. The van der Waals surface area contributed by atoms with Gasteiger partial charge in [0.25, 0.3) is 5.91 Å². The zero-order valence-corrected chi connectivity index (χ0v) is 21.4. The minimum Gasteiger partial charge on any atom is -0.497 e. The number of furan rings is 1. The summed E-state index contributed by atoms with van der Waals surface area (Å²) in [7, 11) is 1.65. The number of nitrogens with one attached hydrogen (secondary N) is 1. The number of benzene rings is 3. The predicted molar refractivity (Wildman–Crippen MR) is 144 cm³/mol. The molecule has 0 aliphatic heterocycles. The van der Waals surface area contributed by atoms with Gasteiger partial charge in [0, 0.05) is 22.6 Å². The topological polar surface area (TPSA) is 82.2 Å². The van der Waals surface area contributed by atoms with Crippen LogP contribution in [0.1, 0.15) is 27.2 Å². The molecule has 0 radical (unpaired) electrons. The molecule has 8 heteroatoms. The Hall–Kier alpha value is -4.30. The van der Waals surface area contributed by atoms with Crippen LogP contribution in [0, 0.1) is 6.92 Å². The molecule has 2 heterocycles. The number of rotatable bonds is 9. The summed E-state index contributed by atoms with van der Waals surface area (Å²) >= 11 is 1.53. The quantitative estimate of drug-likeness (QED) is 0.243. The van der Waals surface area contributed by atoms with Gasteiger partial charge in [-0.15, -0.1) is 10.2 Å². The Kier molecular flexibility index (Phi) is 7.37. The number of nitrogens with zero attached hydrogens (tertiary/aromatic N) is 3. The number of carbonyl (C=O) groups excluding carboxylic acids is 1. The Morgan fingerprint density at radius 2 is 1.86 bits per heavy atom. The van der Waals surface area contributed by atoms with Gasteiger partial charge in [0.15, 0.2) is 11.0 Å². The van der Waals surface area contributed by atoms with Gasteiger partial charge in [-0.05, 0) is 60.5 Å². The first-order valence-corrected chi connectivity index (χ1v) is 12.8. The van der Waals surface area contributed by atoms with Crippen LogP contribution in [0.4, 0.5) is 0 Å². The fourth-order valence-corrected chi connectivity index (χ4v) is 4.95. The van der Waals surface area contributed by atoms with E-state index in [1.54, 1.807) is 19.4 Å². The standard InChI is InChI=1S/C29H26N4O3S/c1-20-8-5-11-23(16-20)33-27(21-10-6-12-24(17-21)35-2)31-32-29(33)37-19-22-9-3-4-14-26(22)28(34)30-18-25-13-7-15-36-25/h3-17H,18-19H2,1-2H3,(H,30,34). The van der Waals surface area contributed by atoms with Crippen LogP contribution in [0.3, 0.4) is 0 Å². The summed E-state index contributed by atoms with van der Waals surface area (Å²) in [6.07, 6.45) is 1.59. The number of carbonyl (C=O) groups is 1. The molecular weight excluding hydrogens is 484 g/mol. The van der Waals surface area contributed by atoms with Crippen LogP contribution < -0.4 is 10.1 Å². The molecule has 0 saturated heterocycles. The fourth-order valence-electron chi connectivity index (χ4n) is 4.00. The molecular formula is C29H26N4O3S. The number of methoxy groups -OCH3 is 1. The monoisotopic (exact) mass is 510 g/mol. The van der Waals surface area contributed by atoms with Gasteiger partial charge in [0.05, 0.1) is 19.9 Å². The number of amides is 1. The van der Waals surface area contributed by atoms with Crippen molar-refractivity contribution in [3.8, 4) is 22.8 Å². The number of hydrogen-bond donors (Lipinski definition) is 1. The average molecular weight is 511 g/mol. The van der Waals surface area contributed by atoms with Gasteiger partial charge < -0.3 is 14.5 Å². The minimum atomic E-state index is -0.148. The molecule has 1 amide bonds. The molecule has 5 aromatic rings. The fraction of sp³-hybridized carbons (Fsp3) is 0.138. The van der Waals surface area contributed by atoms with Crippen molar-refractivity contribution in [2.75, 3.05) is 7.11 Å². The Bertz CT molecular complexity index is 1510. The molecule has 2 aromatic heterocycles. The smallest absolute Gasteiger partial charge is 0.251 e. The van der Waals surface area contributed by atoms with Gasteiger partial charge >= 0.3 is 0 Å². The average Bonchev–Trinajstić information content (AvgIpc) is 3.61. The molecule has 5 rings (SSSR count). The van der Waals surface area contributed by atoms with Crippen LogP contribution in [0.15, 0.2) is 101 Å². The minimum absolute atomic E-state index is 0.148. The number of ether oxygens (including phenoxy) is 1. The molecule has 3 aromatic carbocycles. The van der Waals surface area contributed by atoms with Crippen molar-refractivity contribution in [3.05, 3.63) is 114 Å². The van der Waals surface area contributed by atoms with E-state index in [1.807, 2.05) is 71.3 Å². The summed E-state index contributed by atoms with van der Waals surface area (Å²) in [4.78, 5) is 12.9. The summed E-state index contributed by atoms with van der Waals surface area (Å²) in [5.41, 5.74) is 4.53. The van der Waals surface area contributed by atoms with Gasteiger partial charge in [-0.25, -0.2) is 0 Å². The predicted octanol–water partition coefficient (Wildman–Crippen LogP) is 6.07. The number of aromatic nitrogens is 3. The molecule has 0 bridgehead atoms. The Morgan fingerprint density at radius 3 is 2.68 bits per heavy atom. The van der Waals surface area contributed by atoms with E-state index in [9.17, 15) is 4.79 Å². The molecule has 7 nitrogen and oxygen atoms in total.